The molecule has 1 aromatic rings. The summed E-state index contributed by atoms with van der Waals surface area (Å²) in [5.41, 5.74) is -0.868. The molecule has 0 amide bonds. The number of halogens is 3. The maximum atomic E-state index is 12.6. The van der Waals surface area contributed by atoms with Crippen LogP contribution in [0.25, 0.3) is 0 Å². The lowest BCUT2D eigenvalue weighted by molar-refractivity contribution is -0.146. The van der Waals surface area contributed by atoms with Gasteiger partial charge in [-0.25, -0.2) is 0 Å². The molecule has 1 aliphatic heterocycles. The highest BCUT2D eigenvalue weighted by atomic mass is 32.2. The van der Waals surface area contributed by atoms with Crippen molar-refractivity contribution in [3.8, 4) is 0 Å². The minimum atomic E-state index is -4.37. The van der Waals surface area contributed by atoms with Crippen molar-refractivity contribution in [2.45, 2.75) is 36.6 Å². The van der Waals surface area contributed by atoms with Crippen molar-refractivity contribution < 1.29 is 23.1 Å². The third kappa shape index (κ3) is 2.59. The van der Waals surface area contributed by atoms with E-state index in [2.05, 4.69) is 0 Å². The first-order chi connectivity index (χ1) is 8.62. The molecule has 1 aliphatic rings. The van der Waals surface area contributed by atoms with Crippen LogP contribution in [-0.2, 0) is 17.4 Å². The van der Waals surface area contributed by atoms with Crippen molar-refractivity contribution in [3.05, 3.63) is 29.3 Å². The standard InChI is InChI=1S/C13H13F3O2S/c1-12(2,11(17)18)10-5-7-3-4-8(13(14,15)16)6-9(7)19-10/h3-4,6,10H,5H2,1-2H3,(H,17,18). The third-order valence-electron chi connectivity index (χ3n) is 3.43. The number of carboxylic acids is 1. The van der Waals surface area contributed by atoms with Gasteiger partial charge in [0.2, 0.25) is 0 Å². The van der Waals surface area contributed by atoms with E-state index in [0.29, 0.717) is 11.3 Å². The molecule has 19 heavy (non-hydrogen) atoms. The molecule has 0 fully saturated rings. The van der Waals surface area contributed by atoms with E-state index in [1.807, 2.05) is 0 Å². The van der Waals surface area contributed by atoms with Crippen molar-refractivity contribution in [2.24, 2.45) is 5.41 Å². The lowest BCUT2D eigenvalue weighted by Crippen LogP contribution is -2.34. The molecule has 6 heteroatoms. The van der Waals surface area contributed by atoms with Crippen molar-refractivity contribution in [3.63, 3.8) is 0 Å². The van der Waals surface area contributed by atoms with Crippen LogP contribution in [-0.4, -0.2) is 16.3 Å². The Kier molecular flexibility index (Phi) is 3.33. The number of hydrogen-bond donors (Lipinski definition) is 1. The minimum Gasteiger partial charge on any atom is -0.481 e. The first kappa shape index (κ1) is 14.2. The summed E-state index contributed by atoms with van der Waals surface area (Å²) in [5.74, 6) is -0.936. The van der Waals surface area contributed by atoms with Crippen LogP contribution >= 0.6 is 11.8 Å². The summed E-state index contributed by atoms with van der Waals surface area (Å²) in [5, 5.41) is 8.92. The molecule has 2 nitrogen and oxygen atoms in total. The molecule has 0 saturated heterocycles. The summed E-state index contributed by atoms with van der Waals surface area (Å²) in [7, 11) is 0. The van der Waals surface area contributed by atoms with E-state index >= 15 is 0 Å². The maximum absolute atomic E-state index is 12.6. The number of benzene rings is 1. The number of alkyl halides is 3. The first-order valence-corrected chi connectivity index (χ1v) is 6.60. The van der Waals surface area contributed by atoms with E-state index in [4.69, 9.17) is 0 Å². The molecule has 104 valence electrons. The molecule has 1 unspecified atom stereocenters. The van der Waals surface area contributed by atoms with Crippen molar-refractivity contribution in [1.29, 1.82) is 0 Å². The van der Waals surface area contributed by atoms with Crippen molar-refractivity contribution in [2.75, 3.05) is 0 Å². The summed E-state index contributed by atoms with van der Waals surface area (Å²) in [6.07, 6.45) is -3.88. The number of carbonyl (C=O) groups is 1. The first-order valence-electron chi connectivity index (χ1n) is 5.72. The monoisotopic (exact) mass is 290 g/mol. The molecule has 1 atom stereocenters. The summed E-state index contributed by atoms with van der Waals surface area (Å²) in [6, 6.07) is 3.61. The van der Waals surface area contributed by atoms with Crippen LogP contribution in [0.5, 0.6) is 0 Å². The van der Waals surface area contributed by atoms with E-state index in [-0.39, 0.29) is 5.25 Å². The van der Waals surface area contributed by atoms with Crippen LogP contribution in [0, 0.1) is 5.41 Å². The fourth-order valence-corrected chi connectivity index (χ4v) is 3.41. The molecular weight excluding hydrogens is 277 g/mol. The van der Waals surface area contributed by atoms with Gasteiger partial charge in [-0.1, -0.05) is 6.07 Å². The Labute approximate surface area is 113 Å². The van der Waals surface area contributed by atoms with Gasteiger partial charge >= 0.3 is 12.1 Å². The van der Waals surface area contributed by atoms with Crippen LogP contribution < -0.4 is 0 Å². The Hall–Kier alpha value is -1.17. The lowest BCUT2D eigenvalue weighted by atomic mass is 9.86. The molecule has 1 heterocycles. The minimum absolute atomic E-state index is 0.247. The van der Waals surface area contributed by atoms with Gasteiger partial charge in [0, 0.05) is 10.1 Å². The average molecular weight is 290 g/mol. The molecular formula is C13H13F3O2S. The summed E-state index contributed by atoms with van der Waals surface area (Å²) in [6.45, 7) is 3.20. The number of rotatable bonds is 2. The number of carboxylic acid groups (broad SMARTS) is 1. The Balaban J connectivity index is 2.29. The van der Waals surface area contributed by atoms with Crippen LogP contribution in [0.4, 0.5) is 13.2 Å². The van der Waals surface area contributed by atoms with Gasteiger partial charge in [-0.05, 0) is 38.0 Å². The topological polar surface area (TPSA) is 37.3 Å². The molecule has 2 rings (SSSR count). The smallest absolute Gasteiger partial charge is 0.416 e. The molecule has 1 aromatic carbocycles. The van der Waals surface area contributed by atoms with Gasteiger partial charge in [0.25, 0.3) is 0 Å². The lowest BCUT2D eigenvalue weighted by Gasteiger charge is -2.25. The van der Waals surface area contributed by atoms with E-state index in [0.717, 1.165) is 17.7 Å². The van der Waals surface area contributed by atoms with Crippen LogP contribution in [0.3, 0.4) is 0 Å². The SMILES string of the molecule is CC(C)(C(=O)O)C1Cc2ccc(C(F)(F)F)cc2S1. The van der Waals surface area contributed by atoms with Crippen LogP contribution in [0.1, 0.15) is 25.0 Å². The fourth-order valence-electron chi connectivity index (χ4n) is 1.94. The van der Waals surface area contributed by atoms with Gasteiger partial charge < -0.3 is 5.11 Å². The summed E-state index contributed by atoms with van der Waals surface area (Å²) in [4.78, 5) is 11.7. The highest BCUT2D eigenvalue weighted by Gasteiger charge is 2.42. The van der Waals surface area contributed by atoms with Gasteiger partial charge in [0.1, 0.15) is 0 Å². The Morgan fingerprint density at radius 3 is 2.53 bits per heavy atom. The van der Waals surface area contributed by atoms with E-state index < -0.39 is 23.1 Å². The second-order valence-electron chi connectivity index (χ2n) is 5.16. The molecule has 1 N–H and O–H groups in total. The third-order valence-corrected chi connectivity index (χ3v) is 5.10. The highest BCUT2D eigenvalue weighted by Crippen LogP contribution is 2.46. The van der Waals surface area contributed by atoms with E-state index in [9.17, 15) is 23.1 Å². The normalized spacial score (nSPS) is 19.3. The maximum Gasteiger partial charge on any atom is 0.416 e. The summed E-state index contributed by atoms with van der Waals surface area (Å²) < 4.78 is 37.8. The van der Waals surface area contributed by atoms with E-state index in [1.165, 1.54) is 17.8 Å². The average Bonchev–Trinajstić information content (AvgIpc) is 2.70. The second-order valence-corrected chi connectivity index (χ2v) is 6.40. The number of fused-ring (bicyclic) bond motifs is 1. The zero-order valence-corrected chi connectivity index (χ0v) is 11.2. The number of thioether (sulfide) groups is 1. The Morgan fingerprint density at radius 1 is 1.37 bits per heavy atom. The molecule has 0 saturated carbocycles. The molecule has 0 spiro atoms. The molecule has 0 aromatic heterocycles. The van der Waals surface area contributed by atoms with Crippen LogP contribution in [0.2, 0.25) is 0 Å². The second kappa shape index (κ2) is 4.44. The van der Waals surface area contributed by atoms with Crippen LogP contribution in [0.15, 0.2) is 23.1 Å². The molecule has 0 radical (unpaired) electrons. The molecule has 0 aliphatic carbocycles. The fraction of sp³-hybridized carbons (Fsp3) is 0.462. The van der Waals surface area contributed by atoms with Gasteiger partial charge in [-0.15, -0.1) is 11.8 Å². The highest BCUT2D eigenvalue weighted by molar-refractivity contribution is 8.00. The quantitative estimate of drug-likeness (QED) is 0.899. The van der Waals surface area contributed by atoms with Crippen molar-refractivity contribution >= 4 is 17.7 Å². The predicted molar refractivity (Wildman–Crippen MR) is 66.2 cm³/mol. The Bertz CT molecular complexity index is 523. The Morgan fingerprint density at radius 2 is 2.00 bits per heavy atom. The van der Waals surface area contributed by atoms with Gasteiger partial charge in [-0.2, -0.15) is 13.2 Å². The zero-order chi connectivity index (χ0) is 14.4. The van der Waals surface area contributed by atoms with E-state index in [1.54, 1.807) is 13.8 Å². The van der Waals surface area contributed by atoms with Gasteiger partial charge in [0.15, 0.2) is 0 Å². The number of aliphatic carboxylic acids is 1. The number of hydrogen-bond acceptors (Lipinski definition) is 2. The summed E-state index contributed by atoms with van der Waals surface area (Å²) >= 11 is 1.22. The predicted octanol–water partition coefficient (Wildman–Crippen LogP) is 3.83. The van der Waals surface area contributed by atoms with Crippen molar-refractivity contribution in [1.82, 2.24) is 0 Å². The van der Waals surface area contributed by atoms with Gasteiger partial charge in [-0.3, -0.25) is 4.79 Å². The van der Waals surface area contributed by atoms with Gasteiger partial charge in [0.05, 0.1) is 11.0 Å². The molecule has 0 bridgehead atoms. The zero-order valence-electron chi connectivity index (χ0n) is 10.4. The largest absolute Gasteiger partial charge is 0.481 e.